The number of nitrogens with one attached hydrogen (secondary N) is 5. The predicted molar refractivity (Wildman–Crippen MR) is 145 cm³/mol. The number of rotatable bonds is 9. The molecule has 3 amide bonds. The molecule has 2 aromatic rings. The van der Waals surface area contributed by atoms with E-state index in [1.807, 2.05) is 0 Å². The maximum Gasteiger partial charge on any atom is 0.304 e. The maximum absolute atomic E-state index is 12.7. The summed E-state index contributed by atoms with van der Waals surface area (Å²) in [5, 5.41) is 23.4. The summed E-state index contributed by atoms with van der Waals surface area (Å²) in [5.41, 5.74) is 22.1. The molecule has 0 bridgehead atoms. The number of guanidine groups is 1. The number of ether oxygens (including phenoxy) is 2. The molecule has 16 nitrogen and oxygen atoms in total. The first-order valence-corrected chi connectivity index (χ1v) is 11.6. The molecule has 2 aliphatic rings. The third-order valence-corrected chi connectivity index (χ3v) is 5.50. The molecule has 2 heterocycles. The lowest BCUT2D eigenvalue weighted by Gasteiger charge is -2.28. The summed E-state index contributed by atoms with van der Waals surface area (Å²) >= 11 is 0. The number of nitrogens with zero attached hydrogens (tertiary/aromatic N) is 2. The molecular formula is C24H25N11O5. The fourth-order valence-corrected chi connectivity index (χ4v) is 3.71. The number of carbonyl (C=O) groups is 3. The number of primary amides is 2. The molecule has 0 saturated carbocycles. The monoisotopic (exact) mass is 547 g/mol. The second-order valence-electron chi connectivity index (χ2n) is 8.43. The Labute approximate surface area is 226 Å². The Hall–Kier alpha value is -5.93. The molecule has 0 radical (unpaired) electrons. The number of hydrogen-bond acceptors (Lipinski definition) is 10. The molecule has 16 heteroatoms. The minimum atomic E-state index is -0.942. The van der Waals surface area contributed by atoms with Gasteiger partial charge in [0, 0.05) is 12.0 Å². The van der Waals surface area contributed by atoms with E-state index in [9.17, 15) is 14.4 Å². The molecule has 40 heavy (non-hydrogen) atoms. The van der Waals surface area contributed by atoms with Gasteiger partial charge in [-0.2, -0.15) is 4.99 Å². The van der Waals surface area contributed by atoms with Gasteiger partial charge < -0.3 is 43.0 Å². The van der Waals surface area contributed by atoms with Gasteiger partial charge in [0.2, 0.25) is 17.7 Å². The van der Waals surface area contributed by atoms with E-state index in [-0.39, 0.29) is 70.7 Å². The summed E-state index contributed by atoms with van der Waals surface area (Å²) in [4.78, 5) is 44.7. The Kier molecular flexibility index (Phi) is 7.60. The largest absolute Gasteiger partial charge is 0.437 e. The number of amides is 3. The Bertz CT molecular complexity index is 1530. The predicted octanol–water partition coefficient (Wildman–Crippen LogP) is -0.877. The van der Waals surface area contributed by atoms with Crippen molar-refractivity contribution in [2.75, 3.05) is 5.32 Å². The highest BCUT2D eigenvalue weighted by Gasteiger charge is 2.34. The van der Waals surface area contributed by atoms with Crippen molar-refractivity contribution < 1.29 is 23.9 Å². The van der Waals surface area contributed by atoms with Gasteiger partial charge in [-0.15, -0.1) is 0 Å². The fraction of sp³-hybridized carbons (Fsp3) is 0.125. The highest BCUT2D eigenvalue weighted by atomic mass is 16.5. The van der Waals surface area contributed by atoms with Crippen LogP contribution in [0.2, 0.25) is 0 Å². The lowest BCUT2D eigenvalue weighted by atomic mass is 10.1. The SMILES string of the molecule is N=C(N)Nc1ccccc1OC1=NC(Oc2ccc(C(=N)N)c(C(N)=O)c2)=C2NC(=O)C(CCC(N)=O)N=C2N1. The first kappa shape index (κ1) is 27.1. The van der Waals surface area contributed by atoms with Crippen LogP contribution in [0.4, 0.5) is 5.69 Å². The Morgan fingerprint density at radius 1 is 1.00 bits per heavy atom. The van der Waals surface area contributed by atoms with E-state index in [1.165, 1.54) is 18.2 Å². The fourth-order valence-electron chi connectivity index (χ4n) is 3.71. The average Bonchev–Trinajstić information content (AvgIpc) is 2.88. The van der Waals surface area contributed by atoms with Crippen LogP contribution in [0.25, 0.3) is 0 Å². The van der Waals surface area contributed by atoms with Crippen LogP contribution in [0.3, 0.4) is 0 Å². The van der Waals surface area contributed by atoms with E-state index in [4.69, 9.17) is 43.2 Å². The highest BCUT2D eigenvalue weighted by molar-refractivity contribution is 6.14. The minimum absolute atomic E-state index is 0.0547. The van der Waals surface area contributed by atoms with Crippen molar-refractivity contribution in [1.29, 1.82) is 10.8 Å². The zero-order valence-corrected chi connectivity index (χ0v) is 20.8. The Morgan fingerprint density at radius 2 is 1.75 bits per heavy atom. The van der Waals surface area contributed by atoms with Crippen LogP contribution < -0.4 is 48.4 Å². The smallest absolute Gasteiger partial charge is 0.304 e. The van der Waals surface area contributed by atoms with Crippen LogP contribution in [-0.4, -0.2) is 47.4 Å². The van der Waals surface area contributed by atoms with Crippen LogP contribution in [0.1, 0.15) is 28.8 Å². The van der Waals surface area contributed by atoms with Crippen molar-refractivity contribution in [3.8, 4) is 11.5 Å². The van der Waals surface area contributed by atoms with E-state index in [0.717, 1.165) is 0 Å². The number of hydrogen-bond donors (Lipinski definition) is 9. The first-order chi connectivity index (χ1) is 19.0. The average molecular weight is 548 g/mol. The number of aliphatic imine (C=N–C) groups is 2. The molecule has 2 aliphatic heterocycles. The molecule has 2 aromatic carbocycles. The molecule has 0 spiro atoms. The van der Waals surface area contributed by atoms with Gasteiger partial charge in [-0.3, -0.25) is 35.5 Å². The zero-order valence-electron chi connectivity index (χ0n) is 20.8. The van der Waals surface area contributed by atoms with Crippen molar-refractivity contribution in [2.45, 2.75) is 18.9 Å². The van der Waals surface area contributed by atoms with Crippen LogP contribution in [0, 0.1) is 10.8 Å². The molecule has 0 fully saturated rings. The quantitative estimate of drug-likeness (QED) is 0.139. The van der Waals surface area contributed by atoms with Crippen LogP contribution >= 0.6 is 0 Å². The number of carbonyl (C=O) groups excluding carboxylic acids is 3. The van der Waals surface area contributed by atoms with Crippen LogP contribution in [-0.2, 0) is 9.59 Å². The number of amidine groups is 3. The normalized spacial score (nSPS) is 15.9. The standard InChI is InChI=1S/C24H25N11O5/c25-16(36)8-7-14-21(38)33-17-20(31-14)34-24(40-15-4-2-1-3-13(15)32-23(29)30)35-22(17)39-10-5-6-11(18(26)27)12(9-10)19(28)37/h1-6,9,14H,7-8H2,(H2,25,36)(H3,26,27)(H2,28,37)(H,33,38)(H4,29,30,32)(H,31,34,35). The number of anilines is 1. The number of nitrogens with two attached hydrogens (primary N) is 4. The third kappa shape index (κ3) is 6.13. The summed E-state index contributed by atoms with van der Waals surface area (Å²) in [5.74, 6) is -2.39. The minimum Gasteiger partial charge on any atom is -0.437 e. The second kappa shape index (κ2) is 11.2. The van der Waals surface area contributed by atoms with E-state index in [0.29, 0.717) is 5.69 Å². The van der Waals surface area contributed by atoms with Crippen molar-refractivity contribution in [3.05, 3.63) is 65.2 Å². The van der Waals surface area contributed by atoms with Crippen molar-refractivity contribution in [3.63, 3.8) is 0 Å². The summed E-state index contributed by atoms with van der Waals surface area (Å²) in [6, 6.07) is 9.61. The van der Waals surface area contributed by atoms with Gasteiger partial charge in [0.05, 0.1) is 11.3 Å². The molecule has 13 N–H and O–H groups in total. The Morgan fingerprint density at radius 3 is 2.42 bits per heavy atom. The molecule has 0 aliphatic carbocycles. The lowest BCUT2D eigenvalue weighted by molar-refractivity contribution is -0.122. The van der Waals surface area contributed by atoms with E-state index in [1.54, 1.807) is 24.3 Å². The van der Waals surface area contributed by atoms with Crippen LogP contribution in [0.5, 0.6) is 11.5 Å². The topological polar surface area (TPSA) is 282 Å². The first-order valence-electron chi connectivity index (χ1n) is 11.6. The van der Waals surface area contributed by atoms with Gasteiger partial charge in [-0.25, -0.2) is 0 Å². The van der Waals surface area contributed by atoms with Gasteiger partial charge in [-0.1, -0.05) is 12.1 Å². The molecular weight excluding hydrogens is 522 g/mol. The molecule has 0 aromatic heterocycles. The Balaban J connectivity index is 1.75. The highest BCUT2D eigenvalue weighted by Crippen LogP contribution is 2.27. The van der Waals surface area contributed by atoms with E-state index in [2.05, 4.69) is 25.9 Å². The van der Waals surface area contributed by atoms with Crippen molar-refractivity contribution in [2.24, 2.45) is 32.9 Å². The van der Waals surface area contributed by atoms with Gasteiger partial charge in [0.25, 0.3) is 5.88 Å². The summed E-state index contributed by atoms with van der Waals surface area (Å²) in [6.45, 7) is 0. The van der Waals surface area contributed by atoms with Crippen molar-refractivity contribution in [1.82, 2.24) is 10.6 Å². The molecule has 1 atom stereocenters. The maximum atomic E-state index is 12.7. The number of benzene rings is 2. The third-order valence-electron chi connectivity index (χ3n) is 5.50. The van der Waals surface area contributed by atoms with Crippen LogP contribution in [0.15, 0.2) is 64.0 Å². The number of fused-ring (bicyclic) bond motifs is 1. The van der Waals surface area contributed by atoms with Gasteiger partial charge in [0.1, 0.15) is 23.3 Å². The molecule has 0 saturated heterocycles. The summed E-state index contributed by atoms with van der Waals surface area (Å²) < 4.78 is 11.8. The lowest BCUT2D eigenvalue weighted by Crippen LogP contribution is -2.51. The summed E-state index contributed by atoms with van der Waals surface area (Å²) in [6.07, 6.45) is -0.0137. The molecule has 206 valence electrons. The number of para-hydroxylation sites is 2. The van der Waals surface area contributed by atoms with Gasteiger partial charge in [0.15, 0.2) is 17.5 Å². The summed E-state index contributed by atoms with van der Waals surface area (Å²) in [7, 11) is 0. The van der Waals surface area contributed by atoms with Gasteiger partial charge in [-0.05, 0) is 36.8 Å². The molecule has 4 rings (SSSR count). The van der Waals surface area contributed by atoms with E-state index < -0.39 is 23.8 Å². The van der Waals surface area contributed by atoms with Gasteiger partial charge >= 0.3 is 6.02 Å². The van der Waals surface area contributed by atoms with Crippen molar-refractivity contribution >= 4 is 47.1 Å². The van der Waals surface area contributed by atoms with E-state index >= 15 is 0 Å². The zero-order chi connectivity index (χ0) is 29.0. The number of nitrogen functional groups attached to an aromatic ring is 1. The molecule has 1 unspecified atom stereocenters. The second-order valence-corrected chi connectivity index (χ2v) is 8.43.